The number of sulfonamides is 1. The summed E-state index contributed by atoms with van der Waals surface area (Å²) >= 11 is 0. The molecule has 0 aliphatic heterocycles. The Morgan fingerprint density at radius 1 is 1.35 bits per heavy atom. The molecule has 1 atom stereocenters. The second kappa shape index (κ2) is 5.49. The lowest BCUT2D eigenvalue weighted by Gasteiger charge is -2.27. The molecule has 1 aromatic carbocycles. The molecule has 2 N–H and O–H groups in total. The van der Waals surface area contributed by atoms with E-state index in [0.29, 0.717) is 0 Å². The van der Waals surface area contributed by atoms with Crippen LogP contribution < -0.4 is 4.72 Å². The van der Waals surface area contributed by atoms with Crippen LogP contribution in [0.2, 0.25) is 0 Å². The summed E-state index contributed by atoms with van der Waals surface area (Å²) in [5.41, 5.74) is -0.973. The fourth-order valence-electron chi connectivity index (χ4n) is 1.31. The van der Waals surface area contributed by atoms with E-state index >= 15 is 0 Å². The maximum absolute atomic E-state index is 13.3. The van der Waals surface area contributed by atoms with Crippen LogP contribution in [-0.4, -0.2) is 25.5 Å². The van der Waals surface area contributed by atoms with Crippen molar-refractivity contribution in [2.24, 2.45) is 5.41 Å². The Labute approximate surface area is 117 Å². The average molecular weight is 303 g/mol. The molecule has 0 saturated heterocycles. The first kappa shape index (κ1) is 16.6. The number of hydrogen-bond acceptors (Lipinski definition) is 3. The molecule has 0 aromatic heterocycles. The van der Waals surface area contributed by atoms with Gasteiger partial charge in [-0.15, -0.1) is 0 Å². The van der Waals surface area contributed by atoms with Gasteiger partial charge in [-0.3, -0.25) is 0 Å². The molecule has 0 saturated carbocycles. The Kier molecular flexibility index (Phi) is 4.55. The normalized spacial score (nSPS) is 14.1. The summed E-state index contributed by atoms with van der Waals surface area (Å²) in [7, 11) is -3.90. The van der Waals surface area contributed by atoms with E-state index in [1.165, 1.54) is 0 Å². The van der Waals surface area contributed by atoms with Gasteiger partial charge in [-0.25, -0.2) is 22.3 Å². The van der Waals surface area contributed by atoms with Crippen LogP contribution in [0.5, 0.6) is 0 Å². The van der Waals surface area contributed by atoms with E-state index in [9.17, 15) is 17.6 Å². The van der Waals surface area contributed by atoms with Gasteiger partial charge in [0, 0.05) is 6.04 Å². The van der Waals surface area contributed by atoms with Crippen molar-refractivity contribution in [1.29, 1.82) is 0 Å². The van der Waals surface area contributed by atoms with E-state index in [0.717, 1.165) is 18.2 Å². The third kappa shape index (κ3) is 3.77. The number of hydrogen-bond donors (Lipinski definition) is 2. The molecule has 0 amide bonds. The fraction of sp³-hybridized carbons (Fsp3) is 0.462. The summed E-state index contributed by atoms with van der Waals surface area (Å²) in [6, 6.07) is 2.32. The maximum Gasteiger partial charge on any atom is 0.338 e. The monoisotopic (exact) mass is 303 g/mol. The number of aromatic carboxylic acids is 1. The number of benzene rings is 1. The number of halogens is 1. The molecule has 1 unspecified atom stereocenters. The number of carbonyl (C=O) groups is 1. The number of rotatable bonds is 4. The van der Waals surface area contributed by atoms with E-state index in [-0.39, 0.29) is 16.4 Å². The molecule has 7 heteroatoms. The third-order valence-corrected chi connectivity index (χ3v) is 4.65. The highest BCUT2D eigenvalue weighted by Crippen LogP contribution is 2.22. The third-order valence-electron chi connectivity index (χ3n) is 3.11. The zero-order valence-corrected chi connectivity index (χ0v) is 12.6. The molecule has 0 bridgehead atoms. The van der Waals surface area contributed by atoms with Crippen LogP contribution in [0.15, 0.2) is 23.1 Å². The second-order valence-electron chi connectivity index (χ2n) is 5.66. The Morgan fingerprint density at radius 2 is 1.90 bits per heavy atom. The summed E-state index contributed by atoms with van der Waals surface area (Å²) in [4.78, 5) is 10.6. The minimum atomic E-state index is -3.90. The smallest absolute Gasteiger partial charge is 0.338 e. The first-order valence-corrected chi connectivity index (χ1v) is 7.48. The summed E-state index contributed by atoms with van der Waals surface area (Å²) in [6.45, 7) is 7.31. The molecular weight excluding hydrogens is 285 g/mol. The summed E-state index contributed by atoms with van der Waals surface area (Å²) in [6.07, 6.45) is 0. The summed E-state index contributed by atoms with van der Waals surface area (Å²) in [5, 5.41) is 8.81. The van der Waals surface area contributed by atoms with Crippen LogP contribution in [0.25, 0.3) is 0 Å². The molecule has 0 aliphatic rings. The highest BCUT2D eigenvalue weighted by Gasteiger charge is 2.27. The molecule has 0 aliphatic carbocycles. The SMILES string of the molecule is CC(NS(=O)(=O)c1ccc(F)c(C(=O)O)c1)C(C)(C)C. The van der Waals surface area contributed by atoms with E-state index in [1.807, 2.05) is 20.8 Å². The van der Waals surface area contributed by atoms with Gasteiger partial charge >= 0.3 is 5.97 Å². The van der Waals surface area contributed by atoms with Gasteiger partial charge in [-0.1, -0.05) is 20.8 Å². The minimum absolute atomic E-state index is 0.271. The van der Waals surface area contributed by atoms with Crippen molar-refractivity contribution in [3.63, 3.8) is 0 Å². The molecule has 5 nitrogen and oxygen atoms in total. The van der Waals surface area contributed by atoms with Crippen molar-refractivity contribution in [3.8, 4) is 0 Å². The maximum atomic E-state index is 13.3. The Bertz CT molecular complexity index is 620. The van der Waals surface area contributed by atoms with Crippen LogP contribution in [0.1, 0.15) is 38.1 Å². The van der Waals surface area contributed by atoms with Crippen LogP contribution >= 0.6 is 0 Å². The van der Waals surface area contributed by atoms with Gasteiger partial charge in [0.2, 0.25) is 10.0 Å². The van der Waals surface area contributed by atoms with Gasteiger partial charge in [0.25, 0.3) is 0 Å². The zero-order chi connectivity index (χ0) is 15.7. The van der Waals surface area contributed by atoms with Gasteiger partial charge in [0.15, 0.2) is 0 Å². The molecule has 0 fully saturated rings. The van der Waals surface area contributed by atoms with Crippen LogP contribution in [0.3, 0.4) is 0 Å². The lowest BCUT2D eigenvalue weighted by atomic mass is 9.89. The second-order valence-corrected chi connectivity index (χ2v) is 7.37. The number of carboxylic acid groups (broad SMARTS) is 1. The van der Waals surface area contributed by atoms with Gasteiger partial charge in [-0.05, 0) is 30.5 Å². The van der Waals surface area contributed by atoms with Gasteiger partial charge < -0.3 is 5.11 Å². The fourth-order valence-corrected chi connectivity index (χ4v) is 2.79. The molecule has 1 aromatic rings. The van der Waals surface area contributed by atoms with E-state index in [1.54, 1.807) is 6.92 Å². The van der Waals surface area contributed by atoms with Gasteiger partial charge in [0.1, 0.15) is 5.82 Å². The zero-order valence-electron chi connectivity index (χ0n) is 11.8. The topological polar surface area (TPSA) is 83.5 Å². The molecule has 0 spiro atoms. The number of nitrogens with one attached hydrogen (secondary N) is 1. The molecule has 1 rings (SSSR count). The summed E-state index contributed by atoms with van der Waals surface area (Å²) < 4.78 is 40.0. The molecule has 20 heavy (non-hydrogen) atoms. The molecular formula is C13H18FNO4S. The quantitative estimate of drug-likeness (QED) is 0.893. The molecule has 112 valence electrons. The predicted molar refractivity (Wildman–Crippen MR) is 72.6 cm³/mol. The van der Waals surface area contributed by atoms with Crippen molar-refractivity contribution >= 4 is 16.0 Å². The Morgan fingerprint density at radius 3 is 2.35 bits per heavy atom. The van der Waals surface area contributed by atoms with Gasteiger partial charge in [-0.2, -0.15) is 0 Å². The lowest BCUT2D eigenvalue weighted by Crippen LogP contribution is -2.41. The lowest BCUT2D eigenvalue weighted by molar-refractivity contribution is 0.0691. The van der Waals surface area contributed by atoms with E-state index < -0.39 is 27.4 Å². The first-order valence-electron chi connectivity index (χ1n) is 6.00. The summed E-state index contributed by atoms with van der Waals surface area (Å²) in [5.74, 6) is -2.48. The minimum Gasteiger partial charge on any atom is -0.478 e. The number of carboxylic acids is 1. The van der Waals surface area contributed by atoms with Crippen molar-refractivity contribution in [2.75, 3.05) is 0 Å². The van der Waals surface area contributed by atoms with Crippen LogP contribution in [0, 0.1) is 11.2 Å². The standard InChI is InChI=1S/C13H18FNO4S/c1-8(13(2,3)4)15-20(18,19)9-5-6-11(14)10(7-9)12(16)17/h5-8,15H,1-4H3,(H,16,17). The van der Waals surface area contributed by atoms with Crippen molar-refractivity contribution < 1.29 is 22.7 Å². The Balaban J connectivity index is 3.17. The van der Waals surface area contributed by atoms with Gasteiger partial charge in [0.05, 0.1) is 10.5 Å². The van der Waals surface area contributed by atoms with Crippen molar-refractivity contribution in [2.45, 2.75) is 38.6 Å². The first-order chi connectivity index (χ1) is 8.95. The van der Waals surface area contributed by atoms with Crippen molar-refractivity contribution in [1.82, 2.24) is 4.72 Å². The highest BCUT2D eigenvalue weighted by molar-refractivity contribution is 7.89. The van der Waals surface area contributed by atoms with E-state index in [2.05, 4.69) is 4.72 Å². The average Bonchev–Trinajstić information content (AvgIpc) is 2.26. The van der Waals surface area contributed by atoms with E-state index in [4.69, 9.17) is 5.11 Å². The molecule has 0 heterocycles. The van der Waals surface area contributed by atoms with Crippen molar-refractivity contribution in [3.05, 3.63) is 29.6 Å². The Hall–Kier alpha value is -1.47. The largest absolute Gasteiger partial charge is 0.478 e. The highest BCUT2D eigenvalue weighted by atomic mass is 32.2. The predicted octanol–water partition coefficient (Wildman–Crippen LogP) is 2.24. The van der Waals surface area contributed by atoms with Crippen LogP contribution in [-0.2, 0) is 10.0 Å². The van der Waals surface area contributed by atoms with Crippen LogP contribution in [0.4, 0.5) is 4.39 Å². The molecule has 0 radical (unpaired) electrons.